The van der Waals surface area contributed by atoms with Crippen LogP contribution >= 0.6 is 27.5 Å². The molecule has 0 spiro atoms. The first-order valence-corrected chi connectivity index (χ1v) is 8.14. The maximum absolute atomic E-state index is 14.5. The minimum absolute atomic E-state index is 0.155. The zero-order valence-electron chi connectivity index (χ0n) is 11.7. The monoisotopic (exact) mass is 386 g/mol. The van der Waals surface area contributed by atoms with Crippen LogP contribution in [0, 0.1) is 5.82 Å². The molecule has 2 aromatic rings. The van der Waals surface area contributed by atoms with Gasteiger partial charge in [0.1, 0.15) is 11.3 Å². The highest BCUT2D eigenvalue weighted by atomic mass is 79.9. The molecule has 8 heteroatoms. The van der Waals surface area contributed by atoms with E-state index in [1.807, 2.05) is 0 Å². The van der Waals surface area contributed by atoms with Gasteiger partial charge >= 0.3 is 6.01 Å². The zero-order chi connectivity index (χ0) is 15.4. The lowest BCUT2D eigenvalue weighted by atomic mass is 9.91. The number of fused-ring (bicyclic) bond motifs is 3. The first-order valence-electron chi connectivity index (χ1n) is 6.97. The molecule has 0 aliphatic carbocycles. The first kappa shape index (κ1) is 14.4. The Morgan fingerprint density at radius 2 is 2.09 bits per heavy atom. The van der Waals surface area contributed by atoms with Gasteiger partial charge in [-0.15, -0.1) is 0 Å². The molecule has 5 nitrogen and oxygen atoms in total. The molecule has 1 N–H and O–H groups in total. The summed E-state index contributed by atoms with van der Waals surface area (Å²) in [4.78, 5) is 10.7. The van der Waals surface area contributed by atoms with Crippen molar-refractivity contribution in [3.8, 4) is 6.01 Å². The Bertz CT molecular complexity index is 758. The Morgan fingerprint density at radius 1 is 1.41 bits per heavy atom. The molecule has 0 amide bonds. The van der Waals surface area contributed by atoms with E-state index >= 15 is 0 Å². The molecule has 2 bridgehead atoms. The molecule has 3 fully saturated rings. The second-order valence-corrected chi connectivity index (χ2v) is 6.82. The third kappa shape index (κ3) is 2.14. The normalized spacial score (nSPS) is 23.5. The van der Waals surface area contributed by atoms with Crippen LogP contribution in [0.15, 0.2) is 10.5 Å². The van der Waals surface area contributed by atoms with E-state index in [0.717, 1.165) is 13.1 Å². The summed E-state index contributed by atoms with van der Waals surface area (Å²) < 4.78 is 19.8. The molecule has 1 aromatic carbocycles. The van der Waals surface area contributed by atoms with E-state index in [4.69, 9.17) is 16.3 Å². The van der Waals surface area contributed by atoms with Crippen molar-refractivity contribution in [2.75, 3.05) is 25.1 Å². The van der Waals surface area contributed by atoms with E-state index in [1.54, 1.807) is 6.07 Å². The lowest BCUT2D eigenvalue weighted by molar-refractivity contribution is 0.225. The predicted octanol–water partition coefficient (Wildman–Crippen LogP) is 2.74. The van der Waals surface area contributed by atoms with Crippen molar-refractivity contribution < 1.29 is 9.13 Å². The molecule has 4 heterocycles. The molecule has 22 heavy (non-hydrogen) atoms. The van der Waals surface area contributed by atoms with Crippen molar-refractivity contribution in [1.82, 2.24) is 15.3 Å². The van der Waals surface area contributed by atoms with E-state index in [1.165, 1.54) is 13.5 Å². The van der Waals surface area contributed by atoms with Crippen LogP contribution in [-0.2, 0) is 0 Å². The van der Waals surface area contributed by atoms with Gasteiger partial charge in [0.25, 0.3) is 0 Å². The van der Waals surface area contributed by atoms with E-state index in [-0.39, 0.29) is 16.0 Å². The topological polar surface area (TPSA) is 50.3 Å². The molecule has 5 rings (SSSR count). The van der Waals surface area contributed by atoms with E-state index < -0.39 is 5.82 Å². The molecular formula is C14H13BrClFN4O. The second kappa shape index (κ2) is 5.18. The quantitative estimate of drug-likeness (QED) is 0.803. The predicted molar refractivity (Wildman–Crippen MR) is 86.3 cm³/mol. The molecule has 3 saturated heterocycles. The van der Waals surface area contributed by atoms with Crippen molar-refractivity contribution >= 4 is 44.3 Å². The van der Waals surface area contributed by atoms with Crippen LogP contribution in [0.2, 0.25) is 5.02 Å². The number of hydrogen-bond donors (Lipinski definition) is 1. The number of nitrogens with zero attached hydrogens (tertiary/aromatic N) is 3. The molecular weight excluding hydrogens is 375 g/mol. The number of halogens is 3. The number of aromatic nitrogens is 2. The largest absolute Gasteiger partial charge is 0.467 e. The van der Waals surface area contributed by atoms with Crippen LogP contribution in [0.5, 0.6) is 6.01 Å². The zero-order valence-corrected chi connectivity index (χ0v) is 14.1. The molecule has 0 saturated carbocycles. The van der Waals surface area contributed by atoms with Gasteiger partial charge in [-0.2, -0.15) is 9.97 Å². The van der Waals surface area contributed by atoms with Gasteiger partial charge in [0.2, 0.25) is 0 Å². The van der Waals surface area contributed by atoms with Crippen molar-refractivity contribution in [3.63, 3.8) is 0 Å². The van der Waals surface area contributed by atoms with Crippen LogP contribution in [-0.4, -0.2) is 42.3 Å². The van der Waals surface area contributed by atoms with E-state index in [2.05, 4.69) is 36.1 Å². The summed E-state index contributed by atoms with van der Waals surface area (Å²) >= 11 is 9.26. The summed E-state index contributed by atoms with van der Waals surface area (Å²) in [5, 5.41) is 4.37. The number of anilines is 1. The summed E-state index contributed by atoms with van der Waals surface area (Å²) in [6.45, 7) is 1.67. The van der Waals surface area contributed by atoms with Gasteiger partial charge in [0.05, 0.1) is 16.6 Å². The number of piperazine rings is 1. The summed E-state index contributed by atoms with van der Waals surface area (Å²) in [6.07, 6.45) is 1.18. The SMILES string of the molecule is COc1nc(N2CC3CC(C2)N3)c2cc(Cl)c(Br)c(F)c2n1. The number of benzene rings is 1. The number of hydrogen-bond acceptors (Lipinski definition) is 5. The highest BCUT2D eigenvalue weighted by Gasteiger charge is 2.37. The van der Waals surface area contributed by atoms with E-state index in [0.29, 0.717) is 28.3 Å². The lowest BCUT2D eigenvalue weighted by Crippen LogP contribution is -2.67. The molecule has 1 aromatic heterocycles. The number of methoxy groups -OCH3 is 1. The third-order valence-corrected chi connectivity index (χ3v) is 5.49. The van der Waals surface area contributed by atoms with Gasteiger partial charge < -0.3 is 15.0 Å². The minimum atomic E-state index is -0.496. The lowest BCUT2D eigenvalue weighted by Gasteiger charge is -2.48. The summed E-state index contributed by atoms with van der Waals surface area (Å²) in [6, 6.07) is 2.78. The van der Waals surface area contributed by atoms with Gasteiger partial charge in [0, 0.05) is 30.6 Å². The Balaban J connectivity index is 1.92. The molecule has 3 aliphatic rings. The van der Waals surface area contributed by atoms with Crippen LogP contribution in [0.4, 0.5) is 10.2 Å². The fraction of sp³-hybridized carbons (Fsp3) is 0.429. The van der Waals surface area contributed by atoms with E-state index in [9.17, 15) is 4.39 Å². The average molecular weight is 388 g/mol. The van der Waals surface area contributed by atoms with Crippen LogP contribution in [0.3, 0.4) is 0 Å². The standard InChI is InChI=1S/C14H13BrClFN4O/c1-22-14-19-12-8(3-9(16)10(15)11(12)17)13(20-14)21-4-6-2-7(5-21)18-6/h3,6-7,18H,2,4-5H2,1H3. The average Bonchev–Trinajstić information content (AvgIpc) is 2.51. The highest BCUT2D eigenvalue weighted by molar-refractivity contribution is 9.10. The molecule has 2 unspecified atom stereocenters. The van der Waals surface area contributed by atoms with Crippen molar-refractivity contribution in [2.45, 2.75) is 18.5 Å². The fourth-order valence-electron chi connectivity index (χ4n) is 3.16. The van der Waals surface area contributed by atoms with Crippen molar-refractivity contribution in [3.05, 3.63) is 21.4 Å². The number of nitrogens with one attached hydrogen (secondary N) is 1. The Hall–Kier alpha value is -1.18. The van der Waals surface area contributed by atoms with Crippen molar-refractivity contribution in [1.29, 1.82) is 0 Å². The van der Waals surface area contributed by atoms with Crippen LogP contribution in [0.1, 0.15) is 6.42 Å². The minimum Gasteiger partial charge on any atom is -0.467 e. The molecule has 0 radical (unpaired) electrons. The molecule has 116 valence electrons. The fourth-order valence-corrected chi connectivity index (χ4v) is 3.65. The second-order valence-electron chi connectivity index (χ2n) is 5.62. The van der Waals surface area contributed by atoms with Gasteiger partial charge in [-0.1, -0.05) is 11.6 Å². The number of ether oxygens (including phenoxy) is 1. The van der Waals surface area contributed by atoms with Gasteiger partial charge in [-0.3, -0.25) is 0 Å². The first-order chi connectivity index (χ1) is 10.6. The maximum Gasteiger partial charge on any atom is 0.318 e. The van der Waals surface area contributed by atoms with Gasteiger partial charge in [0.15, 0.2) is 5.82 Å². The molecule has 3 aliphatic heterocycles. The van der Waals surface area contributed by atoms with Crippen LogP contribution < -0.4 is 15.0 Å². The molecule has 2 atom stereocenters. The smallest absolute Gasteiger partial charge is 0.318 e. The Labute approximate surface area is 139 Å². The Kier molecular flexibility index (Phi) is 3.39. The summed E-state index contributed by atoms with van der Waals surface area (Å²) in [5.74, 6) is 0.177. The summed E-state index contributed by atoms with van der Waals surface area (Å²) in [7, 11) is 1.48. The number of piperidine rings is 1. The summed E-state index contributed by atoms with van der Waals surface area (Å²) in [5.41, 5.74) is 0.213. The highest BCUT2D eigenvalue weighted by Crippen LogP contribution is 2.37. The van der Waals surface area contributed by atoms with Crippen LogP contribution in [0.25, 0.3) is 10.9 Å². The number of rotatable bonds is 2. The maximum atomic E-state index is 14.5. The van der Waals surface area contributed by atoms with Crippen molar-refractivity contribution in [2.24, 2.45) is 0 Å². The van der Waals surface area contributed by atoms with Gasteiger partial charge in [-0.05, 0) is 28.4 Å². The third-order valence-electron chi connectivity index (χ3n) is 4.19. The van der Waals surface area contributed by atoms with Gasteiger partial charge in [-0.25, -0.2) is 4.39 Å². The Morgan fingerprint density at radius 3 is 2.73 bits per heavy atom.